The maximum absolute atomic E-state index is 6.01. The number of hydrogen-bond acceptors (Lipinski definition) is 2. The number of fused-ring (bicyclic) bond motifs is 1. The molecule has 0 aliphatic heterocycles. The van der Waals surface area contributed by atoms with Gasteiger partial charge in [0, 0.05) is 6.04 Å². The molecule has 1 aliphatic rings. The normalized spacial score (nSPS) is 20.9. The van der Waals surface area contributed by atoms with Crippen LogP contribution in [0.15, 0.2) is 18.2 Å². The third kappa shape index (κ3) is 1.42. The van der Waals surface area contributed by atoms with Crippen LogP contribution in [-0.4, -0.2) is 7.11 Å². The molecule has 0 fully saturated rings. The highest BCUT2D eigenvalue weighted by molar-refractivity contribution is 5.43. The van der Waals surface area contributed by atoms with Crippen molar-refractivity contribution in [3.8, 4) is 5.75 Å². The van der Waals surface area contributed by atoms with Crippen LogP contribution in [0, 0.1) is 0 Å². The third-order valence-corrected chi connectivity index (χ3v) is 2.73. The molecule has 0 saturated heterocycles. The maximum atomic E-state index is 6.01. The molecule has 13 heavy (non-hydrogen) atoms. The highest BCUT2D eigenvalue weighted by Crippen LogP contribution is 2.33. The Balaban J connectivity index is 2.48. The molecule has 0 radical (unpaired) electrons. The minimum Gasteiger partial charge on any atom is -0.496 e. The van der Waals surface area contributed by atoms with E-state index in [1.165, 1.54) is 17.5 Å². The Morgan fingerprint density at radius 1 is 1.46 bits per heavy atom. The lowest BCUT2D eigenvalue weighted by atomic mass is 9.88. The molecule has 1 aromatic carbocycles. The van der Waals surface area contributed by atoms with Crippen LogP contribution in [0.2, 0.25) is 0 Å². The summed E-state index contributed by atoms with van der Waals surface area (Å²) in [4.78, 5) is 0. The molecule has 2 N–H and O–H groups in total. The van der Waals surface area contributed by atoms with Gasteiger partial charge in [-0.3, -0.25) is 0 Å². The number of benzene rings is 1. The number of rotatable bonds is 1. The third-order valence-electron chi connectivity index (χ3n) is 2.73. The van der Waals surface area contributed by atoms with Crippen LogP contribution in [-0.2, 0) is 6.42 Å². The van der Waals surface area contributed by atoms with E-state index in [0.717, 1.165) is 18.6 Å². The van der Waals surface area contributed by atoms with Crippen molar-refractivity contribution in [1.29, 1.82) is 0 Å². The van der Waals surface area contributed by atoms with Gasteiger partial charge in [-0.05, 0) is 36.5 Å². The molecule has 1 aliphatic carbocycles. The van der Waals surface area contributed by atoms with Crippen molar-refractivity contribution < 1.29 is 4.74 Å². The minimum absolute atomic E-state index is 0.207. The first-order valence-electron chi connectivity index (χ1n) is 4.74. The quantitative estimate of drug-likeness (QED) is 0.712. The van der Waals surface area contributed by atoms with E-state index >= 15 is 0 Å². The zero-order chi connectivity index (χ0) is 9.26. The second-order valence-electron chi connectivity index (χ2n) is 3.53. The zero-order valence-corrected chi connectivity index (χ0v) is 7.92. The summed E-state index contributed by atoms with van der Waals surface area (Å²) in [6.07, 6.45) is 3.38. The molecule has 0 aromatic heterocycles. The molecule has 1 unspecified atom stereocenters. The maximum Gasteiger partial charge on any atom is 0.122 e. The average molecular weight is 177 g/mol. The van der Waals surface area contributed by atoms with E-state index < -0.39 is 0 Å². The van der Waals surface area contributed by atoms with Crippen molar-refractivity contribution in [2.24, 2.45) is 5.73 Å². The van der Waals surface area contributed by atoms with E-state index in [4.69, 9.17) is 10.5 Å². The summed E-state index contributed by atoms with van der Waals surface area (Å²) >= 11 is 0. The lowest BCUT2D eigenvalue weighted by Gasteiger charge is -2.23. The molecule has 0 spiro atoms. The van der Waals surface area contributed by atoms with Gasteiger partial charge in [0.25, 0.3) is 0 Å². The van der Waals surface area contributed by atoms with Gasteiger partial charge < -0.3 is 10.5 Å². The van der Waals surface area contributed by atoms with Gasteiger partial charge in [0.15, 0.2) is 0 Å². The molecule has 1 aromatic rings. The van der Waals surface area contributed by atoms with E-state index in [1.54, 1.807) is 7.11 Å². The molecular weight excluding hydrogens is 162 g/mol. The fraction of sp³-hybridized carbons (Fsp3) is 0.455. The van der Waals surface area contributed by atoms with E-state index in [2.05, 4.69) is 6.07 Å². The first-order chi connectivity index (χ1) is 6.33. The zero-order valence-electron chi connectivity index (χ0n) is 7.92. The molecule has 2 nitrogen and oxygen atoms in total. The predicted molar refractivity (Wildman–Crippen MR) is 52.9 cm³/mol. The Bertz CT molecular complexity index is 309. The van der Waals surface area contributed by atoms with Gasteiger partial charge in [-0.25, -0.2) is 0 Å². The molecule has 1 atom stereocenters. The summed E-state index contributed by atoms with van der Waals surface area (Å²) in [7, 11) is 1.72. The van der Waals surface area contributed by atoms with E-state index in [9.17, 15) is 0 Å². The van der Waals surface area contributed by atoms with Crippen molar-refractivity contribution in [2.45, 2.75) is 25.3 Å². The van der Waals surface area contributed by atoms with E-state index in [0.29, 0.717) is 0 Å². The van der Waals surface area contributed by atoms with Crippen LogP contribution < -0.4 is 10.5 Å². The Morgan fingerprint density at radius 3 is 3.08 bits per heavy atom. The summed E-state index contributed by atoms with van der Waals surface area (Å²) in [6.45, 7) is 0. The SMILES string of the molecule is COc1cccc2c1CCCC2N. The molecule has 0 amide bonds. The molecular formula is C11H15NO. The van der Waals surface area contributed by atoms with E-state index in [-0.39, 0.29) is 6.04 Å². The topological polar surface area (TPSA) is 35.2 Å². The lowest BCUT2D eigenvalue weighted by Crippen LogP contribution is -2.17. The standard InChI is InChI=1S/C11H15NO/c1-13-11-7-3-4-8-9(11)5-2-6-10(8)12/h3-4,7,10H,2,5-6,12H2,1H3. The lowest BCUT2D eigenvalue weighted by molar-refractivity contribution is 0.403. The van der Waals surface area contributed by atoms with E-state index in [1.807, 2.05) is 12.1 Å². The Kier molecular flexibility index (Phi) is 2.23. The Hall–Kier alpha value is -1.02. The summed E-state index contributed by atoms with van der Waals surface area (Å²) in [5, 5.41) is 0. The van der Waals surface area contributed by atoms with Crippen molar-refractivity contribution >= 4 is 0 Å². The van der Waals surface area contributed by atoms with Crippen LogP contribution in [0.4, 0.5) is 0 Å². The minimum atomic E-state index is 0.207. The number of methoxy groups -OCH3 is 1. The highest BCUT2D eigenvalue weighted by atomic mass is 16.5. The van der Waals surface area contributed by atoms with Crippen molar-refractivity contribution in [3.63, 3.8) is 0 Å². The van der Waals surface area contributed by atoms with Gasteiger partial charge in [-0.15, -0.1) is 0 Å². The number of ether oxygens (including phenoxy) is 1. The first-order valence-corrected chi connectivity index (χ1v) is 4.74. The summed E-state index contributed by atoms with van der Waals surface area (Å²) in [5.74, 6) is 0.993. The summed E-state index contributed by atoms with van der Waals surface area (Å²) < 4.78 is 5.31. The van der Waals surface area contributed by atoms with Crippen LogP contribution in [0.1, 0.15) is 30.0 Å². The van der Waals surface area contributed by atoms with Crippen LogP contribution in [0.25, 0.3) is 0 Å². The monoisotopic (exact) mass is 177 g/mol. The second-order valence-corrected chi connectivity index (χ2v) is 3.53. The largest absolute Gasteiger partial charge is 0.496 e. The molecule has 0 saturated carbocycles. The fourth-order valence-corrected chi connectivity index (χ4v) is 2.04. The first kappa shape index (κ1) is 8.57. The van der Waals surface area contributed by atoms with Crippen molar-refractivity contribution in [2.75, 3.05) is 7.11 Å². The van der Waals surface area contributed by atoms with Gasteiger partial charge in [-0.1, -0.05) is 12.1 Å². The smallest absolute Gasteiger partial charge is 0.122 e. The average Bonchev–Trinajstić information content (AvgIpc) is 2.18. The van der Waals surface area contributed by atoms with Crippen LogP contribution >= 0.6 is 0 Å². The molecule has 2 heteroatoms. The number of hydrogen-bond donors (Lipinski definition) is 1. The molecule has 2 rings (SSSR count). The van der Waals surface area contributed by atoms with Crippen LogP contribution in [0.3, 0.4) is 0 Å². The van der Waals surface area contributed by atoms with Crippen LogP contribution in [0.5, 0.6) is 5.75 Å². The molecule has 70 valence electrons. The molecule has 0 heterocycles. The number of nitrogens with two attached hydrogens (primary N) is 1. The summed E-state index contributed by atoms with van der Waals surface area (Å²) in [6, 6.07) is 6.35. The second kappa shape index (κ2) is 3.38. The van der Waals surface area contributed by atoms with Gasteiger partial charge in [0.1, 0.15) is 5.75 Å². The summed E-state index contributed by atoms with van der Waals surface area (Å²) in [5.41, 5.74) is 8.59. The predicted octanol–water partition coefficient (Wildman–Crippen LogP) is 2.03. The van der Waals surface area contributed by atoms with Gasteiger partial charge >= 0.3 is 0 Å². The Labute approximate surface area is 78.7 Å². The van der Waals surface area contributed by atoms with Crippen molar-refractivity contribution in [1.82, 2.24) is 0 Å². The fourth-order valence-electron chi connectivity index (χ4n) is 2.04. The van der Waals surface area contributed by atoms with Gasteiger partial charge in [0.2, 0.25) is 0 Å². The molecule has 0 bridgehead atoms. The van der Waals surface area contributed by atoms with Gasteiger partial charge in [-0.2, -0.15) is 0 Å². The van der Waals surface area contributed by atoms with Gasteiger partial charge in [0.05, 0.1) is 7.11 Å². The Morgan fingerprint density at radius 2 is 2.31 bits per heavy atom. The highest BCUT2D eigenvalue weighted by Gasteiger charge is 2.19. The van der Waals surface area contributed by atoms with Crippen molar-refractivity contribution in [3.05, 3.63) is 29.3 Å².